The van der Waals surface area contributed by atoms with Gasteiger partial charge in [-0.25, -0.2) is 18.3 Å². The summed E-state index contributed by atoms with van der Waals surface area (Å²) in [5, 5.41) is 36.0. The van der Waals surface area contributed by atoms with Crippen molar-refractivity contribution in [2.75, 3.05) is 56.4 Å². The lowest BCUT2D eigenvalue weighted by Gasteiger charge is -2.30. The number of nitrogens with zero attached hydrogens (tertiary/aromatic N) is 16. The largest absolute Gasteiger partial charge is 0.479 e. The normalized spacial score (nSPS) is 21.0. The average molecular weight is 1270 g/mol. The second kappa shape index (κ2) is 27.9. The second-order valence-electron chi connectivity index (χ2n) is 18.9. The molecule has 8 aromatic rings. The number of aromatic amines is 4. The molecule has 1 aliphatic heterocycles. The van der Waals surface area contributed by atoms with Crippen LogP contribution in [0.15, 0.2) is 211 Å². The maximum Gasteiger partial charge on any atom is 0.479 e. The van der Waals surface area contributed by atoms with Gasteiger partial charge in [0.1, 0.15) is 23.0 Å². The number of hydrogen-bond acceptors (Lipinski definition) is 16. The molecule has 32 heteroatoms. The fourth-order valence-electron chi connectivity index (χ4n) is 7.71. The second-order valence-corrected chi connectivity index (χ2v) is 28.2. The Balaban J connectivity index is 1.04. The first-order chi connectivity index (χ1) is 42.3. The standard InChI is InChI=1S/C56H64N20O8P4/c1-69-57-37-45-29-30-47(65-45)39-59-71(3)86(78,82-54-23-15-10-16-24-54)73(5)61-41-49-33-34-51(67-49)43-63-75(7)88(80,84-56-27-19-12-20-28-56)76(8)64-44-52-36-35-50(68-52)42-62-74(6)87(79,83-55-25-17-11-18-26-55)72(4)60-40-48-32-31-46(66-48)38-58-70(2)85(69,77)81-53-21-13-9-14-22-53/h9-44,65-68H,1-8H3. The van der Waals surface area contributed by atoms with Gasteiger partial charge in [-0.3, -0.25) is 0 Å². The summed E-state index contributed by atoms with van der Waals surface area (Å²) < 4.78 is 93.8. The molecule has 0 saturated carbocycles. The fourth-order valence-corrected chi connectivity index (χ4v) is 13.2. The van der Waals surface area contributed by atoms with Crippen LogP contribution >= 0.6 is 30.7 Å². The predicted molar refractivity (Wildman–Crippen MR) is 345 cm³/mol. The summed E-state index contributed by atoms with van der Waals surface area (Å²) in [6, 6.07) is 48.3. The maximum absolute atomic E-state index is 15.0. The molecule has 8 bridgehead atoms. The Morgan fingerprint density at radius 3 is 0.511 bits per heavy atom. The van der Waals surface area contributed by atoms with Crippen LogP contribution in [-0.4, -0.2) is 164 Å². The van der Waals surface area contributed by atoms with E-state index in [0.29, 0.717) is 68.5 Å². The van der Waals surface area contributed by atoms with Crippen LogP contribution in [0.1, 0.15) is 45.6 Å². The van der Waals surface area contributed by atoms with Gasteiger partial charge in [0.15, 0.2) is 0 Å². The van der Waals surface area contributed by atoms with Crippen LogP contribution in [-0.2, 0) is 18.3 Å². The van der Waals surface area contributed by atoms with Crippen LogP contribution in [0.2, 0.25) is 0 Å². The molecule has 0 saturated heterocycles. The minimum absolute atomic E-state index is 0.305. The molecule has 1 aliphatic rings. The number of hydrazone groups is 8. The van der Waals surface area contributed by atoms with Crippen LogP contribution < -0.4 is 18.1 Å². The zero-order valence-electron chi connectivity index (χ0n) is 49.0. The number of fused-ring (bicyclic) bond motifs is 8. The van der Waals surface area contributed by atoms with Crippen LogP contribution in [0.4, 0.5) is 0 Å². The highest BCUT2D eigenvalue weighted by Gasteiger charge is 2.39. The van der Waals surface area contributed by atoms with Gasteiger partial charge in [-0.1, -0.05) is 72.8 Å². The lowest BCUT2D eigenvalue weighted by atomic mass is 10.3. The lowest BCUT2D eigenvalue weighted by molar-refractivity contribution is 0.324. The summed E-state index contributed by atoms with van der Waals surface area (Å²) in [6.45, 7) is 0. The molecule has 9 rings (SSSR count). The van der Waals surface area contributed by atoms with Crippen molar-refractivity contribution >= 4 is 80.4 Å². The smallest absolute Gasteiger partial charge is 0.412 e. The fraction of sp³-hybridized carbons (Fsp3) is 0.143. The molecule has 0 unspecified atom stereocenters. The minimum atomic E-state index is -4.10. The summed E-state index contributed by atoms with van der Waals surface area (Å²) in [6.07, 6.45) is 11.6. The number of para-hydroxylation sites is 4. The molecule has 28 nitrogen and oxygen atoms in total. The Morgan fingerprint density at radius 1 is 0.239 bits per heavy atom. The summed E-state index contributed by atoms with van der Waals surface area (Å²) in [4.78, 5) is 12.7. The molecular formula is C56H64N20O8P4. The van der Waals surface area contributed by atoms with Crippen molar-refractivity contribution in [1.82, 2.24) is 58.2 Å². The van der Waals surface area contributed by atoms with Crippen molar-refractivity contribution in [3.63, 3.8) is 0 Å². The van der Waals surface area contributed by atoms with Crippen LogP contribution in [0.5, 0.6) is 23.0 Å². The Labute approximate surface area is 508 Å². The SMILES string of the molecule is CN1N=Cc2ccc([nH]2)C=NN(C)P(=O)(Oc2ccccc2)N(C)N=Cc2ccc([nH]2)C=NN(C)P(=O)(Oc2ccccc2)N(C)N=Cc2ccc([nH]2)C=NN(C)P(=O)(Oc2ccccc2)N(C)N=Cc2ccc([nH]2)C=NN(C)P1(=O)Oc1ccccc1. The molecule has 88 heavy (non-hydrogen) atoms. The third kappa shape index (κ3) is 15.5. The monoisotopic (exact) mass is 1270 g/mol. The van der Waals surface area contributed by atoms with Crippen LogP contribution in [0.25, 0.3) is 0 Å². The summed E-state index contributed by atoms with van der Waals surface area (Å²) in [7, 11) is -4.44. The zero-order chi connectivity index (χ0) is 62.3. The molecule has 0 spiro atoms. The van der Waals surface area contributed by atoms with Crippen molar-refractivity contribution in [2.45, 2.75) is 0 Å². The maximum atomic E-state index is 15.0. The van der Waals surface area contributed by atoms with Gasteiger partial charge in [-0.05, 0) is 97.1 Å². The van der Waals surface area contributed by atoms with E-state index in [0.717, 1.165) is 0 Å². The van der Waals surface area contributed by atoms with E-state index < -0.39 is 30.7 Å². The molecule has 0 amide bonds. The highest BCUT2D eigenvalue weighted by molar-refractivity contribution is 7.55. The van der Waals surface area contributed by atoms with Gasteiger partial charge >= 0.3 is 30.7 Å². The average Bonchev–Trinajstić information content (AvgIpc) is 4.33. The van der Waals surface area contributed by atoms with E-state index in [1.807, 2.05) is 0 Å². The molecule has 0 aliphatic carbocycles. The lowest BCUT2D eigenvalue weighted by Crippen LogP contribution is -2.24. The van der Waals surface area contributed by atoms with Crippen LogP contribution in [0.3, 0.4) is 0 Å². The Hall–Kier alpha value is -10.1. The topological polar surface area (TPSA) is 293 Å². The van der Waals surface area contributed by atoms with Crippen molar-refractivity contribution in [2.24, 2.45) is 40.8 Å². The Kier molecular flexibility index (Phi) is 19.8. The van der Waals surface area contributed by atoms with E-state index in [2.05, 4.69) is 60.7 Å². The number of rotatable bonds is 8. The van der Waals surface area contributed by atoms with E-state index in [-0.39, 0.29) is 0 Å². The molecule has 4 aromatic carbocycles. The predicted octanol–water partition coefficient (Wildman–Crippen LogP) is 11.0. The van der Waals surface area contributed by atoms with Gasteiger partial charge in [-0.2, -0.15) is 79.0 Å². The Bertz CT molecular complexity index is 3390. The van der Waals surface area contributed by atoms with Gasteiger partial charge < -0.3 is 38.0 Å². The number of aromatic nitrogens is 4. The summed E-state index contributed by atoms with van der Waals surface area (Å²) >= 11 is 0. The van der Waals surface area contributed by atoms with E-state index >= 15 is 0 Å². The molecule has 4 N–H and O–H groups in total. The number of nitrogens with one attached hydrogen (secondary N) is 4. The number of H-pyrrole nitrogens is 4. The van der Waals surface area contributed by atoms with E-state index in [1.54, 1.807) is 170 Å². The first-order valence-electron chi connectivity index (χ1n) is 26.7. The zero-order valence-corrected chi connectivity index (χ0v) is 52.6. The molecular weight excluding hydrogens is 1200 g/mol. The number of hydrogen-bond donors (Lipinski definition) is 4. The van der Waals surface area contributed by atoms with Crippen molar-refractivity contribution in [1.29, 1.82) is 0 Å². The van der Waals surface area contributed by atoms with Crippen molar-refractivity contribution in [3.05, 3.63) is 215 Å². The molecule has 5 heterocycles. The van der Waals surface area contributed by atoms with Gasteiger partial charge in [0.2, 0.25) is 0 Å². The molecule has 0 atom stereocenters. The van der Waals surface area contributed by atoms with E-state index in [1.165, 1.54) is 144 Å². The van der Waals surface area contributed by atoms with E-state index in [4.69, 9.17) is 18.1 Å². The van der Waals surface area contributed by atoms with Gasteiger partial charge in [0, 0.05) is 56.4 Å². The highest BCUT2D eigenvalue weighted by atomic mass is 31.2. The minimum Gasteiger partial charge on any atom is -0.412 e. The van der Waals surface area contributed by atoms with Gasteiger partial charge in [0.25, 0.3) is 0 Å². The van der Waals surface area contributed by atoms with Gasteiger partial charge in [-0.15, -0.1) is 0 Å². The number of benzene rings is 4. The van der Waals surface area contributed by atoms with Crippen molar-refractivity contribution < 1.29 is 36.4 Å². The quantitative estimate of drug-likeness (QED) is 0.103. The Morgan fingerprint density at radius 2 is 0.375 bits per heavy atom. The molecule has 456 valence electrons. The molecule has 4 aromatic heterocycles. The van der Waals surface area contributed by atoms with Crippen molar-refractivity contribution in [3.8, 4) is 23.0 Å². The van der Waals surface area contributed by atoms with Gasteiger partial charge in [0.05, 0.1) is 95.3 Å². The molecule has 0 radical (unpaired) electrons. The third-order valence-electron chi connectivity index (χ3n) is 12.6. The summed E-state index contributed by atoms with van der Waals surface area (Å²) in [5.74, 6) is 1.22. The van der Waals surface area contributed by atoms with E-state index in [9.17, 15) is 18.3 Å². The first-order valence-corrected chi connectivity index (χ1v) is 32.8. The third-order valence-corrected chi connectivity index (χ3v) is 21.1. The summed E-state index contributed by atoms with van der Waals surface area (Å²) in [5.41, 5.74) is 3.93. The molecule has 0 fully saturated rings. The van der Waals surface area contributed by atoms with Crippen LogP contribution in [0, 0.1) is 0 Å². The highest BCUT2D eigenvalue weighted by Crippen LogP contribution is 2.56. The first kappa shape index (κ1) is 62.4.